The Kier molecular flexibility index (Phi) is 37.0. The molecule has 0 heterocycles. The van der Waals surface area contributed by atoms with Crippen molar-refractivity contribution in [2.75, 3.05) is 19.8 Å². The average molecular weight is 661 g/mol. The molecule has 0 rings (SSSR count). The zero-order valence-electron chi connectivity index (χ0n) is 31.3. The SMILES string of the molecule is CC/C=C\CCCCCCCCOC(COC(=O)CCCCCCC/C=C\CC)COC(=O)CCCCCCC/C=C\CCCCC. The van der Waals surface area contributed by atoms with Crippen LogP contribution in [-0.4, -0.2) is 37.9 Å². The largest absolute Gasteiger partial charge is 0.463 e. The Morgan fingerprint density at radius 2 is 0.809 bits per heavy atom. The molecule has 0 N–H and O–H groups in total. The van der Waals surface area contributed by atoms with Gasteiger partial charge in [0.1, 0.15) is 19.3 Å². The van der Waals surface area contributed by atoms with Crippen molar-refractivity contribution in [1.29, 1.82) is 0 Å². The van der Waals surface area contributed by atoms with Gasteiger partial charge in [0.25, 0.3) is 0 Å². The minimum atomic E-state index is -0.403. The van der Waals surface area contributed by atoms with E-state index in [1.165, 1.54) is 83.5 Å². The number of hydrogen-bond donors (Lipinski definition) is 0. The standard InChI is InChI=1S/C42H76O5/c1-4-7-10-13-16-19-21-22-24-27-30-33-36-42(44)47-39-40(45-37-34-31-28-25-20-17-14-11-8-5-2)38-46-41(43)35-32-29-26-23-18-15-12-9-6-3/h8-9,11-12,16,19,40H,4-7,10,13-15,17-18,20-39H2,1-3H3/b11-8-,12-9-,19-16-. The third kappa shape index (κ3) is 36.8. The number of hydrogen-bond acceptors (Lipinski definition) is 5. The summed E-state index contributed by atoms with van der Waals surface area (Å²) < 4.78 is 17.2. The maximum Gasteiger partial charge on any atom is 0.305 e. The second-order valence-corrected chi connectivity index (χ2v) is 13.1. The van der Waals surface area contributed by atoms with Gasteiger partial charge < -0.3 is 14.2 Å². The molecule has 0 aliphatic rings. The first-order valence-electron chi connectivity index (χ1n) is 20.0. The molecule has 0 saturated heterocycles. The van der Waals surface area contributed by atoms with Crippen molar-refractivity contribution in [3.8, 4) is 0 Å². The maximum absolute atomic E-state index is 12.4. The van der Waals surface area contributed by atoms with Crippen molar-refractivity contribution in [2.24, 2.45) is 0 Å². The van der Waals surface area contributed by atoms with Crippen LogP contribution in [0.4, 0.5) is 0 Å². The van der Waals surface area contributed by atoms with Gasteiger partial charge >= 0.3 is 11.9 Å². The number of esters is 2. The fourth-order valence-corrected chi connectivity index (χ4v) is 5.42. The summed E-state index contributed by atoms with van der Waals surface area (Å²) in [5, 5.41) is 0. The molecule has 0 spiro atoms. The van der Waals surface area contributed by atoms with Crippen LogP contribution in [0.2, 0.25) is 0 Å². The smallest absolute Gasteiger partial charge is 0.305 e. The van der Waals surface area contributed by atoms with Gasteiger partial charge in [0, 0.05) is 19.4 Å². The monoisotopic (exact) mass is 661 g/mol. The zero-order valence-corrected chi connectivity index (χ0v) is 31.3. The number of unbranched alkanes of at least 4 members (excludes halogenated alkanes) is 19. The summed E-state index contributed by atoms with van der Waals surface area (Å²) in [6.45, 7) is 7.47. The van der Waals surface area contributed by atoms with Gasteiger partial charge in [-0.2, -0.15) is 0 Å². The van der Waals surface area contributed by atoms with Crippen LogP contribution in [0.1, 0.15) is 194 Å². The predicted octanol–water partition coefficient (Wildman–Crippen LogP) is 12.7. The Morgan fingerprint density at radius 3 is 1.23 bits per heavy atom. The third-order valence-electron chi connectivity index (χ3n) is 8.43. The first-order valence-corrected chi connectivity index (χ1v) is 20.0. The van der Waals surface area contributed by atoms with E-state index in [-0.39, 0.29) is 25.2 Å². The van der Waals surface area contributed by atoms with Gasteiger partial charge in [-0.3, -0.25) is 9.59 Å². The highest BCUT2D eigenvalue weighted by atomic mass is 16.6. The first kappa shape index (κ1) is 45.1. The van der Waals surface area contributed by atoms with Crippen LogP contribution in [0.15, 0.2) is 36.5 Å². The molecule has 0 fully saturated rings. The summed E-state index contributed by atoms with van der Waals surface area (Å²) in [4.78, 5) is 24.8. The van der Waals surface area contributed by atoms with Crippen LogP contribution in [0.25, 0.3) is 0 Å². The van der Waals surface area contributed by atoms with Crippen LogP contribution >= 0.6 is 0 Å². The maximum atomic E-state index is 12.4. The highest BCUT2D eigenvalue weighted by Crippen LogP contribution is 2.12. The van der Waals surface area contributed by atoms with Crippen molar-refractivity contribution < 1.29 is 23.8 Å². The molecule has 274 valence electrons. The van der Waals surface area contributed by atoms with Crippen molar-refractivity contribution in [3.63, 3.8) is 0 Å². The fraction of sp³-hybridized carbons (Fsp3) is 0.810. The van der Waals surface area contributed by atoms with E-state index in [9.17, 15) is 9.59 Å². The van der Waals surface area contributed by atoms with Crippen molar-refractivity contribution in [1.82, 2.24) is 0 Å². The molecule has 5 heteroatoms. The summed E-state index contributed by atoms with van der Waals surface area (Å²) in [7, 11) is 0. The molecule has 5 nitrogen and oxygen atoms in total. The van der Waals surface area contributed by atoms with Crippen LogP contribution in [0, 0.1) is 0 Å². The zero-order chi connectivity index (χ0) is 34.3. The molecule has 0 aromatic heterocycles. The fourth-order valence-electron chi connectivity index (χ4n) is 5.42. The van der Waals surface area contributed by atoms with Gasteiger partial charge in [-0.1, -0.05) is 134 Å². The molecular formula is C42H76O5. The van der Waals surface area contributed by atoms with Crippen LogP contribution in [0.5, 0.6) is 0 Å². The van der Waals surface area contributed by atoms with Crippen molar-refractivity contribution in [3.05, 3.63) is 36.5 Å². The summed E-state index contributed by atoms with van der Waals surface area (Å²) in [5.74, 6) is -0.365. The van der Waals surface area contributed by atoms with E-state index in [1.807, 2.05) is 0 Å². The molecule has 1 unspecified atom stereocenters. The van der Waals surface area contributed by atoms with Gasteiger partial charge in [0.15, 0.2) is 0 Å². The molecule has 47 heavy (non-hydrogen) atoms. The van der Waals surface area contributed by atoms with E-state index in [4.69, 9.17) is 14.2 Å². The molecular weight excluding hydrogens is 584 g/mol. The second-order valence-electron chi connectivity index (χ2n) is 13.1. The van der Waals surface area contributed by atoms with E-state index in [0.29, 0.717) is 19.4 Å². The lowest BCUT2D eigenvalue weighted by atomic mass is 10.1. The Labute approximate surface area is 291 Å². The number of rotatable bonds is 36. The van der Waals surface area contributed by atoms with Crippen LogP contribution in [-0.2, 0) is 23.8 Å². The Hall–Kier alpha value is -1.88. The van der Waals surface area contributed by atoms with Crippen molar-refractivity contribution >= 4 is 11.9 Å². The van der Waals surface area contributed by atoms with E-state index < -0.39 is 6.10 Å². The minimum absolute atomic E-state index is 0.147. The predicted molar refractivity (Wildman–Crippen MR) is 201 cm³/mol. The molecule has 1 atom stereocenters. The second kappa shape index (κ2) is 38.6. The average Bonchev–Trinajstić information content (AvgIpc) is 3.07. The Morgan fingerprint density at radius 1 is 0.447 bits per heavy atom. The number of allylic oxidation sites excluding steroid dienone is 6. The Bertz CT molecular complexity index is 756. The highest BCUT2D eigenvalue weighted by molar-refractivity contribution is 5.69. The number of carbonyl (C=O) groups excluding carboxylic acids is 2. The molecule has 0 radical (unpaired) electrons. The van der Waals surface area contributed by atoms with Crippen molar-refractivity contribution in [2.45, 2.75) is 200 Å². The summed E-state index contributed by atoms with van der Waals surface area (Å²) in [5.41, 5.74) is 0. The molecule has 0 bridgehead atoms. The lowest BCUT2D eigenvalue weighted by Gasteiger charge is -2.18. The summed E-state index contributed by atoms with van der Waals surface area (Å²) in [6.07, 6.45) is 43.1. The van der Waals surface area contributed by atoms with E-state index in [0.717, 1.165) is 77.0 Å². The summed E-state index contributed by atoms with van der Waals surface area (Å²) in [6, 6.07) is 0. The molecule has 0 saturated carbocycles. The van der Waals surface area contributed by atoms with E-state index in [1.54, 1.807) is 0 Å². The van der Waals surface area contributed by atoms with Gasteiger partial charge in [-0.15, -0.1) is 0 Å². The highest BCUT2D eigenvalue weighted by Gasteiger charge is 2.16. The number of carbonyl (C=O) groups is 2. The van der Waals surface area contributed by atoms with Crippen LogP contribution < -0.4 is 0 Å². The van der Waals surface area contributed by atoms with Gasteiger partial charge in [0.05, 0.1) is 0 Å². The normalized spacial score (nSPS) is 12.5. The molecule has 0 aromatic rings. The molecule has 0 aromatic carbocycles. The lowest BCUT2D eigenvalue weighted by Crippen LogP contribution is -2.29. The molecule has 0 aliphatic heterocycles. The lowest BCUT2D eigenvalue weighted by molar-refractivity contribution is -0.155. The van der Waals surface area contributed by atoms with E-state index in [2.05, 4.69) is 57.2 Å². The molecule has 0 aliphatic carbocycles. The Balaban J connectivity index is 4.23. The van der Waals surface area contributed by atoms with Gasteiger partial charge in [-0.05, 0) is 83.5 Å². The van der Waals surface area contributed by atoms with Gasteiger partial charge in [-0.25, -0.2) is 0 Å². The molecule has 0 amide bonds. The number of ether oxygens (including phenoxy) is 3. The minimum Gasteiger partial charge on any atom is -0.463 e. The summed E-state index contributed by atoms with van der Waals surface area (Å²) >= 11 is 0. The topological polar surface area (TPSA) is 61.8 Å². The van der Waals surface area contributed by atoms with Gasteiger partial charge in [0.2, 0.25) is 0 Å². The quantitative estimate of drug-likeness (QED) is 0.0380. The van der Waals surface area contributed by atoms with Crippen LogP contribution in [0.3, 0.4) is 0 Å². The van der Waals surface area contributed by atoms with E-state index >= 15 is 0 Å². The third-order valence-corrected chi connectivity index (χ3v) is 8.43. The first-order chi connectivity index (χ1) is 23.1.